The molecule has 3 aromatic rings. The minimum Gasteiger partial charge on any atom is -0.323 e. The standard InChI is InChI=1S/C19H19N5O2/c1-22-15-9-20-16(13-7-8-13)21-17(15)24(18(22)25)19(26)23-10-14(11-23)12-5-3-2-4-6-12/h2-6,9,13-14H,7-8,10-11H2,1H3. The van der Waals surface area contributed by atoms with E-state index < -0.39 is 0 Å². The third-order valence-corrected chi connectivity index (χ3v) is 5.38. The van der Waals surface area contributed by atoms with Crippen LogP contribution in [0.5, 0.6) is 0 Å². The summed E-state index contributed by atoms with van der Waals surface area (Å²) < 4.78 is 2.64. The van der Waals surface area contributed by atoms with Gasteiger partial charge in [0, 0.05) is 32.0 Å². The van der Waals surface area contributed by atoms with Gasteiger partial charge in [-0.25, -0.2) is 19.6 Å². The van der Waals surface area contributed by atoms with Gasteiger partial charge in [-0.05, 0) is 18.4 Å². The molecular formula is C19H19N5O2. The first kappa shape index (κ1) is 15.3. The number of nitrogens with zero attached hydrogens (tertiary/aromatic N) is 5. The summed E-state index contributed by atoms with van der Waals surface area (Å²) in [6, 6.07) is 9.85. The Labute approximate surface area is 149 Å². The Morgan fingerprint density at radius 2 is 1.85 bits per heavy atom. The fourth-order valence-corrected chi connectivity index (χ4v) is 3.55. The quantitative estimate of drug-likeness (QED) is 0.710. The van der Waals surface area contributed by atoms with Crippen LogP contribution >= 0.6 is 0 Å². The number of carbonyl (C=O) groups is 1. The largest absolute Gasteiger partial charge is 0.338 e. The van der Waals surface area contributed by atoms with Crippen molar-refractivity contribution in [3.8, 4) is 0 Å². The van der Waals surface area contributed by atoms with Crippen molar-refractivity contribution < 1.29 is 4.79 Å². The van der Waals surface area contributed by atoms with Gasteiger partial charge in [0.1, 0.15) is 11.3 Å². The Kier molecular flexibility index (Phi) is 3.25. The van der Waals surface area contributed by atoms with Crippen LogP contribution in [0.4, 0.5) is 4.79 Å². The van der Waals surface area contributed by atoms with Crippen LogP contribution in [-0.2, 0) is 7.05 Å². The lowest BCUT2D eigenvalue weighted by atomic mass is 9.92. The Balaban J connectivity index is 1.47. The van der Waals surface area contributed by atoms with Gasteiger partial charge in [0.2, 0.25) is 0 Å². The van der Waals surface area contributed by atoms with Gasteiger partial charge in [0.15, 0.2) is 5.65 Å². The SMILES string of the molecule is Cn1c(=O)n(C(=O)N2CC(c3ccccc3)C2)c2nc(C3CC3)ncc21. The molecule has 1 aliphatic heterocycles. The highest BCUT2D eigenvalue weighted by Gasteiger charge is 2.35. The number of aryl methyl sites for hydroxylation is 1. The molecule has 0 bridgehead atoms. The van der Waals surface area contributed by atoms with E-state index >= 15 is 0 Å². The number of carbonyl (C=O) groups excluding carboxylic acids is 1. The molecule has 0 radical (unpaired) electrons. The summed E-state index contributed by atoms with van der Waals surface area (Å²) in [5.74, 6) is 1.42. The monoisotopic (exact) mass is 349 g/mol. The van der Waals surface area contributed by atoms with Gasteiger partial charge >= 0.3 is 11.7 Å². The third-order valence-electron chi connectivity index (χ3n) is 5.38. The van der Waals surface area contributed by atoms with E-state index in [1.165, 1.54) is 14.7 Å². The van der Waals surface area contributed by atoms with E-state index in [-0.39, 0.29) is 11.7 Å². The van der Waals surface area contributed by atoms with Gasteiger partial charge in [-0.2, -0.15) is 4.57 Å². The topological polar surface area (TPSA) is 73.0 Å². The lowest BCUT2D eigenvalue weighted by molar-refractivity contribution is 0.152. The Bertz CT molecular complexity index is 1060. The summed E-state index contributed by atoms with van der Waals surface area (Å²) in [5.41, 5.74) is 1.87. The fourth-order valence-electron chi connectivity index (χ4n) is 3.55. The number of fused-ring (bicyclic) bond motifs is 1. The number of hydrogen-bond donors (Lipinski definition) is 0. The molecule has 1 saturated heterocycles. The highest BCUT2D eigenvalue weighted by atomic mass is 16.2. The molecule has 1 aromatic carbocycles. The second-order valence-electron chi connectivity index (χ2n) is 7.18. The smallest absolute Gasteiger partial charge is 0.323 e. The number of hydrogen-bond acceptors (Lipinski definition) is 4. The molecule has 3 heterocycles. The van der Waals surface area contributed by atoms with Gasteiger partial charge in [0.25, 0.3) is 0 Å². The fraction of sp³-hybridized carbons (Fsp3) is 0.368. The highest BCUT2D eigenvalue weighted by Crippen LogP contribution is 2.38. The van der Waals surface area contributed by atoms with Crippen molar-refractivity contribution in [2.45, 2.75) is 24.7 Å². The minimum atomic E-state index is -0.365. The number of imidazole rings is 1. The maximum Gasteiger partial charge on any atom is 0.338 e. The van der Waals surface area contributed by atoms with E-state index in [2.05, 4.69) is 22.1 Å². The predicted octanol–water partition coefficient (Wildman–Crippen LogP) is 2.07. The van der Waals surface area contributed by atoms with Crippen molar-refractivity contribution in [2.75, 3.05) is 13.1 Å². The van der Waals surface area contributed by atoms with E-state index in [1.807, 2.05) is 18.2 Å². The Morgan fingerprint density at radius 3 is 2.54 bits per heavy atom. The van der Waals surface area contributed by atoms with Crippen LogP contribution < -0.4 is 5.69 Å². The number of likely N-dealkylation sites (tertiary alicyclic amines) is 1. The molecular weight excluding hydrogens is 330 g/mol. The Hall–Kier alpha value is -2.96. The summed E-state index contributed by atoms with van der Waals surface area (Å²) in [7, 11) is 1.65. The molecule has 7 nitrogen and oxygen atoms in total. The van der Waals surface area contributed by atoms with Gasteiger partial charge in [0.05, 0.1) is 6.20 Å². The first-order valence-electron chi connectivity index (χ1n) is 8.92. The van der Waals surface area contributed by atoms with Crippen LogP contribution in [0.15, 0.2) is 41.3 Å². The van der Waals surface area contributed by atoms with Crippen molar-refractivity contribution in [3.05, 3.63) is 58.4 Å². The van der Waals surface area contributed by atoms with Crippen LogP contribution in [0.2, 0.25) is 0 Å². The summed E-state index contributed by atoms with van der Waals surface area (Å²) in [6.45, 7) is 1.23. The molecule has 0 N–H and O–H groups in total. The molecule has 7 heteroatoms. The maximum atomic E-state index is 13.0. The lowest BCUT2D eigenvalue weighted by Crippen LogP contribution is -2.52. The average Bonchev–Trinajstić information content (AvgIpc) is 3.42. The van der Waals surface area contributed by atoms with Gasteiger partial charge in [-0.1, -0.05) is 30.3 Å². The Morgan fingerprint density at radius 1 is 1.12 bits per heavy atom. The summed E-state index contributed by atoms with van der Waals surface area (Å²) in [5, 5.41) is 0. The van der Waals surface area contributed by atoms with Gasteiger partial charge in [-0.15, -0.1) is 0 Å². The second-order valence-corrected chi connectivity index (χ2v) is 7.18. The second kappa shape index (κ2) is 5.52. The minimum absolute atomic E-state index is 0.298. The molecule has 2 aromatic heterocycles. The first-order chi connectivity index (χ1) is 12.6. The van der Waals surface area contributed by atoms with Crippen molar-refractivity contribution in [2.24, 2.45) is 7.05 Å². The van der Waals surface area contributed by atoms with Gasteiger partial charge < -0.3 is 4.90 Å². The summed E-state index contributed by atoms with van der Waals surface area (Å²) >= 11 is 0. The van der Waals surface area contributed by atoms with Crippen LogP contribution in [0, 0.1) is 0 Å². The molecule has 0 unspecified atom stereocenters. The molecule has 2 aliphatic rings. The predicted molar refractivity (Wildman–Crippen MR) is 96.3 cm³/mol. The third kappa shape index (κ3) is 2.27. The number of rotatable bonds is 2. The number of amides is 1. The van der Waals surface area contributed by atoms with E-state index in [0.717, 1.165) is 18.7 Å². The van der Waals surface area contributed by atoms with Crippen LogP contribution in [0.1, 0.15) is 36.1 Å². The molecule has 2 fully saturated rings. The zero-order chi connectivity index (χ0) is 17.8. The molecule has 26 heavy (non-hydrogen) atoms. The van der Waals surface area contributed by atoms with E-state index in [1.54, 1.807) is 18.1 Å². The van der Waals surface area contributed by atoms with Gasteiger partial charge in [-0.3, -0.25) is 4.57 Å². The summed E-state index contributed by atoms with van der Waals surface area (Å²) in [6.07, 6.45) is 3.80. The molecule has 1 amide bonds. The molecule has 1 saturated carbocycles. The van der Waals surface area contributed by atoms with E-state index in [0.29, 0.717) is 36.1 Å². The highest BCUT2D eigenvalue weighted by molar-refractivity contribution is 5.87. The first-order valence-corrected chi connectivity index (χ1v) is 8.92. The molecule has 132 valence electrons. The van der Waals surface area contributed by atoms with Crippen LogP contribution in [0.25, 0.3) is 11.2 Å². The van der Waals surface area contributed by atoms with E-state index in [4.69, 9.17) is 0 Å². The number of benzene rings is 1. The molecule has 1 aliphatic carbocycles. The van der Waals surface area contributed by atoms with Crippen LogP contribution in [-0.4, -0.2) is 43.1 Å². The average molecular weight is 349 g/mol. The van der Waals surface area contributed by atoms with Crippen molar-refractivity contribution in [1.82, 2.24) is 24.0 Å². The maximum absolute atomic E-state index is 13.0. The van der Waals surface area contributed by atoms with Crippen molar-refractivity contribution >= 4 is 17.2 Å². The summed E-state index contributed by atoms with van der Waals surface area (Å²) in [4.78, 5) is 36.2. The van der Waals surface area contributed by atoms with E-state index in [9.17, 15) is 9.59 Å². The number of aromatic nitrogens is 4. The van der Waals surface area contributed by atoms with Crippen molar-refractivity contribution in [1.29, 1.82) is 0 Å². The molecule has 0 spiro atoms. The van der Waals surface area contributed by atoms with Crippen molar-refractivity contribution in [3.63, 3.8) is 0 Å². The lowest BCUT2D eigenvalue weighted by Gasteiger charge is -2.39. The zero-order valence-electron chi connectivity index (χ0n) is 14.5. The zero-order valence-corrected chi connectivity index (χ0v) is 14.5. The van der Waals surface area contributed by atoms with Crippen LogP contribution in [0.3, 0.4) is 0 Å². The normalized spacial score (nSPS) is 17.5. The molecule has 5 rings (SSSR count). The molecule has 0 atom stereocenters.